The van der Waals surface area contributed by atoms with E-state index in [1.165, 1.54) is 12.1 Å². The van der Waals surface area contributed by atoms with E-state index in [0.717, 1.165) is 0 Å². The van der Waals surface area contributed by atoms with Gasteiger partial charge in [-0.3, -0.25) is 4.79 Å². The van der Waals surface area contributed by atoms with E-state index in [1.54, 1.807) is 36.7 Å². The van der Waals surface area contributed by atoms with Gasteiger partial charge in [0.05, 0.1) is 17.2 Å². The number of hydrogen-bond donors (Lipinski definition) is 2. The van der Waals surface area contributed by atoms with Crippen molar-refractivity contribution in [3.8, 4) is 5.75 Å². The number of carbonyl (C=O) groups excluding carboxylic acids is 1. The summed E-state index contributed by atoms with van der Waals surface area (Å²) in [7, 11) is 1.56. The molecule has 7 heteroatoms. The average molecular weight is 372 g/mol. The van der Waals surface area contributed by atoms with Crippen LogP contribution < -0.4 is 15.4 Å². The predicted octanol–water partition coefficient (Wildman–Crippen LogP) is 3.40. The summed E-state index contributed by atoms with van der Waals surface area (Å²) in [5.41, 5.74) is 1.24. The van der Waals surface area contributed by atoms with E-state index in [-0.39, 0.29) is 23.5 Å². The average Bonchev–Trinajstić information content (AvgIpc) is 2.56. The molecule has 0 spiro atoms. The quantitative estimate of drug-likeness (QED) is 0.764. The van der Waals surface area contributed by atoms with Crippen LogP contribution in [-0.2, 0) is 4.79 Å². The number of quaternary nitrogens is 1. The van der Waals surface area contributed by atoms with Gasteiger partial charge in [0, 0.05) is 17.3 Å². The van der Waals surface area contributed by atoms with Gasteiger partial charge in [0.25, 0.3) is 5.91 Å². The molecule has 24 heavy (non-hydrogen) atoms. The third-order valence-corrected chi connectivity index (χ3v) is 4.16. The van der Waals surface area contributed by atoms with Crippen LogP contribution in [0, 0.1) is 5.82 Å². The summed E-state index contributed by atoms with van der Waals surface area (Å²) in [5.74, 6) is -0.0496. The van der Waals surface area contributed by atoms with Gasteiger partial charge in [-0.1, -0.05) is 29.3 Å². The first kappa shape index (κ1) is 18.5. The SMILES string of the molecule is COc1cccc(NC(=O)C[NH2+][C@@H](C)c2cc(F)c(Cl)cc2Cl)c1. The van der Waals surface area contributed by atoms with Crippen LogP contribution in [0.5, 0.6) is 5.75 Å². The van der Waals surface area contributed by atoms with Crippen molar-refractivity contribution in [1.82, 2.24) is 0 Å². The zero-order chi connectivity index (χ0) is 17.7. The zero-order valence-electron chi connectivity index (χ0n) is 13.3. The predicted molar refractivity (Wildman–Crippen MR) is 93.3 cm³/mol. The Morgan fingerprint density at radius 1 is 1.29 bits per heavy atom. The van der Waals surface area contributed by atoms with E-state index in [4.69, 9.17) is 27.9 Å². The lowest BCUT2D eigenvalue weighted by atomic mass is 10.1. The molecule has 128 valence electrons. The number of benzene rings is 2. The molecule has 0 aliphatic carbocycles. The minimum Gasteiger partial charge on any atom is -0.497 e. The summed E-state index contributed by atoms with van der Waals surface area (Å²) in [6.07, 6.45) is 0. The fraction of sp³-hybridized carbons (Fsp3) is 0.235. The first-order valence-electron chi connectivity index (χ1n) is 7.32. The van der Waals surface area contributed by atoms with Crippen molar-refractivity contribution < 1.29 is 19.2 Å². The Morgan fingerprint density at radius 3 is 2.75 bits per heavy atom. The molecule has 2 aromatic carbocycles. The van der Waals surface area contributed by atoms with E-state index in [2.05, 4.69) is 5.32 Å². The number of anilines is 1. The molecule has 2 rings (SSSR count). The van der Waals surface area contributed by atoms with E-state index >= 15 is 0 Å². The zero-order valence-corrected chi connectivity index (χ0v) is 14.8. The molecule has 0 saturated heterocycles. The molecule has 0 fully saturated rings. The fourth-order valence-electron chi connectivity index (χ4n) is 2.21. The third kappa shape index (κ3) is 4.84. The van der Waals surface area contributed by atoms with Crippen molar-refractivity contribution in [2.45, 2.75) is 13.0 Å². The van der Waals surface area contributed by atoms with E-state index in [1.807, 2.05) is 6.92 Å². The Kier molecular flexibility index (Phi) is 6.43. The second kappa shape index (κ2) is 8.33. The number of amides is 1. The van der Waals surface area contributed by atoms with Crippen LogP contribution in [0.2, 0.25) is 10.0 Å². The molecule has 1 amide bonds. The Hall–Kier alpha value is -1.82. The molecule has 2 aromatic rings. The van der Waals surface area contributed by atoms with Gasteiger partial charge in [0.15, 0.2) is 6.54 Å². The van der Waals surface area contributed by atoms with Crippen molar-refractivity contribution >= 4 is 34.8 Å². The maximum Gasteiger partial charge on any atom is 0.279 e. The molecule has 0 unspecified atom stereocenters. The molecule has 0 aromatic heterocycles. The molecular weight excluding hydrogens is 354 g/mol. The number of rotatable bonds is 6. The highest BCUT2D eigenvalue weighted by molar-refractivity contribution is 6.35. The van der Waals surface area contributed by atoms with Crippen LogP contribution in [0.3, 0.4) is 0 Å². The summed E-state index contributed by atoms with van der Waals surface area (Å²) < 4.78 is 18.7. The Balaban J connectivity index is 1.94. The number of hydrogen-bond acceptors (Lipinski definition) is 2. The van der Waals surface area contributed by atoms with Gasteiger partial charge in [-0.2, -0.15) is 0 Å². The normalized spacial score (nSPS) is 11.9. The number of halogens is 3. The van der Waals surface area contributed by atoms with E-state index < -0.39 is 5.82 Å². The maximum atomic E-state index is 13.6. The second-order valence-electron chi connectivity index (χ2n) is 5.30. The molecule has 0 aliphatic heterocycles. The lowest BCUT2D eigenvalue weighted by molar-refractivity contribution is -0.682. The summed E-state index contributed by atoms with van der Waals surface area (Å²) in [6, 6.07) is 9.56. The minimum absolute atomic E-state index is 0.0216. The van der Waals surface area contributed by atoms with Crippen LogP contribution in [0.1, 0.15) is 18.5 Å². The Morgan fingerprint density at radius 2 is 2.04 bits per heavy atom. The van der Waals surface area contributed by atoms with Crippen LogP contribution in [0.4, 0.5) is 10.1 Å². The number of nitrogens with two attached hydrogens (primary N) is 1. The van der Waals surface area contributed by atoms with Gasteiger partial charge in [0.1, 0.15) is 17.6 Å². The topological polar surface area (TPSA) is 54.9 Å². The number of nitrogens with one attached hydrogen (secondary N) is 1. The summed E-state index contributed by atoms with van der Waals surface area (Å²) in [6.45, 7) is 2.01. The van der Waals surface area contributed by atoms with Gasteiger partial charge in [-0.15, -0.1) is 0 Å². The lowest BCUT2D eigenvalue weighted by Crippen LogP contribution is -2.86. The number of ether oxygens (including phenoxy) is 1. The van der Waals surface area contributed by atoms with Gasteiger partial charge >= 0.3 is 0 Å². The molecule has 1 atom stereocenters. The van der Waals surface area contributed by atoms with Gasteiger partial charge < -0.3 is 15.4 Å². The fourth-order valence-corrected chi connectivity index (χ4v) is 2.77. The first-order chi connectivity index (χ1) is 11.4. The molecule has 0 heterocycles. The van der Waals surface area contributed by atoms with Gasteiger partial charge in [-0.05, 0) is 31.2 Å². The molecule has 0 saturated carbocycles. The highest BCUT2D eigenvalue weighted by Crippen LogP contribution is 2.27. The molecule has 0 radical (unpaired) electrons. The van der Waals surface area contributed by atoms with E-state index in [0.29, 0.717) is 22.0 Å². The van der Waals surface area contributed by atoms with Crippen LogP contribution in [0.25, 0.3) is 0 Å². The number of methoxy groups -OCH3 is 1. The van der Waals surface area contributed by atoms with Crippen molar-refractivity contribution in [3.63, 3.8) is 0 Å². The molecular formula is C17H18Cl2FN2O2+. The van der Waals surface area contributed by atoms with Crippen LogP contribution >= 0.6 is 23.2 Å². The van der Waals surface area contributed by atoms with Gasteiger partial charge in [0.2, 0.25) is 0 Å². The highest BCUT2D eigenvalue weighted by atomic mass is 35.5. The molecule has 3 N–H and O–H groups in total. The number of carbonyl (C=O) groups is 1. The molecule has 0 aliphatic rings. The van der Waals surface area contributed by atoms with Crippen molar-refractivity contribution in [1.29, 1.82) is 0 Å². The largest absolute Gasteiger partial charge is 0.497 e. The summed E-state index contributed by atoms with van der Waals surface area (Å²) >= 11 is 11.8. The summed E-state index contributed by atoms with van der Waals surface area (Å²) in [5, 5.41) is 4.90. The third-order valence-electron chi connectivity index (χ3n) is 3.54. The first-order valence-corrected chi connectivity index (χ1v) is 8.08. The van der Waals surface area contributed by atoms with Crippen molar-refractivity contribution in [2.75, 3.05) is 19.0 Å². The standard InChI is InChI=1S/C17H17Cl2FN2O2/c1-10(13-7-16(20)15(19)8-14(13)18)21-9-17(23)22-11-4-3-5-12(6-11)24-2/h3-8,10,21H,9H2,1-2H3,(H,22,23)/p+1/t10-/m0/s1. The van der Waals surface area contributed by atoms with Crippen LogP contribution in [0.15, 0.2) is 36.4 Å². The highest BCUT2D eigenvalue weighted by Gasteiger charge is 2.17. The molecule has 0 bridgehead atoms. The molecule has 4 nitrogen and oxygen atoms in total. The van der Waals surface area contributed by atoms with Crippen molar-refractivity contribution in [3.05, 3.63) is 57.8 Å². The smallest absolute Gasteiger partial charge is 0.279 e. The monoisotopic (exact) mass is 371 g/mol. The van der Waals surface area contributed by atoms with Crippen LogP contribution in [-0.4, -0.2) is 19.6 Å². The summed E-state index contributed by atoms with van der Waals surface area (Å²) in [4.78, 5) is 12.0. The minimum atomic E-state index is -0.530. The Bertz CT molecular complexity index is 741. The Labute approximate surface area is 149 Å². The van der Waals surface area contributed by atoms with E-state index in [9.17, 15) is 9.18 Å². The van der Waals surface area contributed by atoms with Gasteiger partial charge in [-0.25, -0.2) is 4.39 Å². The lowest BCUT2D eigenvalue weighted by Gasteiger charge is -2.13. The maximum absolute atomic E-state index is 13.6. The van der Waals surface area contributed by atoms with Crippen molar-refractivity contribution in [2.24, 2.45) is 0 Å². The second-order valence-corrected chi connectivity index (χ2v) is 6.11.